The average molecular weight is 196 g/mol. The molecule has 5 heteroatoms. The molecule has 6 N–H and O–H groups in total. The molecule has 4 nitrogen and oxygen atoms in total. The summed E-state index contributed by atoms with van der Waals surface area (Å²) in [6, 6.07) is 5.28. The van der Waals surface area contributed by atoms with Gasteiger partial charge in [0.1, 0.15) is 0 Å². The van der Waals surface area contributed by atoms with Crippen LogP contribution in [0.1, 0.15) is 0 Å². The minimum absolute atomic E-state index is 0.545. The van der Waals surface area contributed by atoms with Gasteiger partial charge in [0.2, 0.25) is 0 Å². The molecule has 0 aliphatic rings. The summed E-state index contributed by atoms with van der Waals surface area (Å²) in [5, 5.41) is 6.29. The molecule has 0 aliphatic carbocycles. The Balaban J connectivity index is 2.79. The topological polar surface area (TPSA) is 76.1 Å². The minimum Gasteiger partial charge on any atom is -0.397 e. The van der Waals surface area contributed by atoms with E-state index in [2.05, 4.69) is 10.6 Å². The summed E-state index contributed by atoms with van der Waals surface area (Å²) in [6.07, 6.45) is 0. The zero-order valence-corrected chi connectivity index (χ0v) is 8.11. The molecule has 0 saturated carbocycles. The molecule has 0 aromatic heterocycles. The lowest BCUT2D eigenvalue weighted by Crippen LogP contribution is -2.24. The van der Waals surface area contributed by atoms with Gasteiger partial charge in [0, 0.05) is 12.7 Å². The van der Waals surface area contributed by atoms with Crippen LogP contribution in [0.3, 0.4) is 0 Å². The molecule has 0 unspecified atom stereocenters. The predicted octanol–water partition coefficient (Wildman–Crippen LogP) is 0.767. The van der Waals surface area contributed by atoms with Gasteiger partial charge in [-0.05, 0) is 30.4 Å². The van der Waals surface area contributed by atoms with Crippen LogP contribution >= 0.6 is 12.2 Å². The van der Waals surface area contributed by atoms with Gasteiger partial charge in [0.05, 0.1) is 11.4 Å². The molecule has 0 saturated heterocycles. The molecule has 13 heavy (non-hydrogen) atoms. The Bertz CT molecular complexity index is 324. The van der Waals surface area contributed by atoms with E-state index >= 15 is 0 Å². The maximum atomic E-state index is 5.61. The first-order chi connectivity index (χ1) is 6.13. The summed E-state index contributed by atoms with van der Waals surface area (Å²) in [5.41, 5.74) is 13.1. The Morgan fingerprint density at radius 1 is 1.31 bits per heavy atom. The summed E-state index contributed by atoms with van der Waals surface area (Å²) < 4.78 is 0. The van der Waals surface area contributed by atoms with Crippen LogP contribution in [0.25, 0.3) is 0 Å². The van der Waals surface area contributed by atoms with Gasteiger partial charge in [-0.3, -0.25) is 0 Å². The van der Waals surface area contributed by atoms with Crippen molar-refractivity contribution in [3.05, 3.63) is 18.2 Å². The third kappa shape index (κ3) is 2.48. The highest BCUT2D eigenvalue weighted by atomic mass is 32.1. The molecule has 0 heterocycles. The van der Waals surface area contributed by atoms with E-state index < -0.39 is 0 Å². The van der Waals surface area contributed by atoms with Gasteiger partial charge < -0.3 is 22.1 Å². The number of anilines is 3. The van der Waals surface area contributed by atoms with E-state index in [1.807, 2.05) is 6.07 Å². The summed E-state index contributed by atoms with van der Waals surface area (Å²) in [7, 11) is 1.75. The van der Waals surface area contributed by atoms with Gasteiger partial charge in [-0.15, -0.1) is 0 Å². The standard InChI is InChI=1S/C8H12N4S/c1-11-8(13)12-5-2-3-6(9)7(10)4-5/h2-4H,9-10H2,1H3,(H2,11,12,13). The number of nitrogen functional groups attached to an aromatic ring is 2. The molecular weight excluding hydrogens is 184 g/mol. The van der Waals surface area contributed by atoms with Crippen molar-refractivity contribution in [2.45, 2.75) is 0 Å². The fraction of sp³-hybridized carbons (Fsp3) is 0.125. The quantitative estimate of drug-likeness (QED) is 0.394. The SMILES string of the molecule is CNC(=S)Nc1ccc(N)c(N)c1. The lowest BCUT2D eigenvalue weighted by atomic mass is 10.2. The number of nitrogens with two attached hydrogens (primary N) is 2. The Morgan fingerprint density at radius 3 is 2.54 bits per heavy atom. The first-order valence-electron chi connectivity index (χ1n) is 3.77. The van der Waals surface area contributed by atoms with Crippen LogP contribution in [-0.4, -0.2) is 12.2 Å². The molecule has 0 amide bonds. The van der Waals surface area contributed by atoms with Gasteiger partial charge >= 0.3 is 0 Å². The van der Waals surface area contributed by atoms with Crippen LogP contribution in [0.2, 0.25) is 0 Å². The molecule has 0 fully saturated rings. The molecular formula is C8H12N4S. The molecule has 1 aromatic rings. The number of hydrogen-bond donors (Lipinski definition) is 4. The second-order valence-electron chi connectivity index (χ2n) is 2.55. The molecule has 0 radical (unpaired) electrons. The highest BCUT2D eigenvalue weighted by Crippen LogP contribution is 2.19. The highest BCUT2D eigenvalue weighted by Gasteiger charge is 1.97. The van der Waals surface area contributed by atoms with E-state index in [4.69, 9.17) is 23.7 Å². The summed E-state index contributed by atoms with van der Waals surface area (Å²) in [5.74, 6) is 0. The first kappa shape index (κ1) is 9.60. The fourth-order valence-corrected chi connectivity index (χ4v) is 0.964. The maximum absolute atomic E-state index is 5.61. The molecule has 0 atom stereocenters. The van der Waals surface area contributed by atoms with E-state index in [0.717, 1.165) is 5.69 Å². The average Bonchev–Trinajstić information content (AvgIpc) is 2.11. The number of hydrogen-bond acceptors (Lipinski definition) is 3. The van der Waals surface area contributed by atoms with Crippen molar-refractivity contribution < 1.29 is 0 Å². The molecule has 0 spiro atoms. The fourth-order valence-electron chi connectivity index (χ4n) is 0.846. The van der Waals surface area contributed by atoms with Gasteiger partial charge in [-0.25, -0.2) is 0 Å². The lowest BCUT2D eigenvalue weighted by molar-refractivity contribution is 1.20. The zero-order chi connectivity index (χ0) is 9.84. The van der Waals surface area contributed by atoms with Crippen molar-refractivity contribution in [1.82, 2.24) is 5.32 Å². The van der Waals surface area contributed by atoms with Gasteiger partial charge in [-0.1, -0.05) is 0 Å². The van der Waals surface area contributed by atoms with E-state index in [1.165, 1.54) is 0 Å². The molecule has 1 rings (SSSR count). The monoisotopic (exact) mass is 196 g/mol. The van der Waals surface area contributed by atoms with Crippen molar-refractivity contribution >= 4 is 34.4 Å². The zero-order valence-electron chi connectivity index (χ0n) is 7.29. The highest BCUT2D eigenvalue weighted by molar-refractivity contribution is 7.80. The van der Waals surface area contributed by atoms with Crippen LogP contribution < -0.4 is 22.1 Å². The van der Waals surface area contributed by atoms with Crippen molar-refractivity contribution in [2.24, 2.45) is 0 Å². The Morgan fingerprint density at radius 2 is 2.00 bits per heavy atom. The Labute approximate surface area is 82.3 Å². The van der Waals surface area contributed by atoms with Gasteiger partial charge in [0.25, 0.3) is 0 Å². The predicted molar refractivity (Wildman–Crippen MR) is 60.5 cm³/mol. The molecule has 0 aliphatic heterocycles. The van der Waals surface area contributed by atoms with Crippen molar-refractivity contribution in [3.8, 4) is 0 Å². The van der Waals surface area contributed by atoms with Crippen LogP contribution in [0.15, 0.2) is 18.2 Å². The van der Waals surface area contributed by atoms with Crippen LogP contribution in [0, 0.1) is 0 Å². The van der Waals surface area contributed by atoms with Crippen LogP contribution in [0.4, 0.5) is 17.1 Å². The number of rotatable bonds is 1. The third-order valence-electron chi connectivity index (χ3n) is 1.57. The second-order valence-corrected chi connectivity index (χ2v) is 2.96. The van der Waals surface area contributed by atoms with Crippen molar-refractivity contribution in [3.63, 3.8) is 0 Å². The van der Waals surface area contributed by atoms with Crippen LogP contribution in [-0.2, 0) is 0 Å². The number of benzene rings is 1. The Hall–Kier alpha value is -1.49. The van der Waals surface area contributed by atoms with E-state index in [0.29, 0.717) is 16.5 Å². The summed E-state index contributed by atoms with van der Waals surface area (Å²) in [4.78, 5) is 0. The third-order valence-corrected chi connectivity index (χ3v) is 1.88. The van der Waals surface area contributed by atoms with E-state index in [9.17, 15) is 0 Å². The van der Waals surface area contributed by atoms with Gasteiger partial charge in [-0.2, -0.15) is 0 Å². The molecule has 70 valence electrons. The van der Waals surface area contributed by atoms with E-state index in [1.54, 1.807) is 19.2 Å². The smallest absolute Gasteiger partial charge is 0.170 e. The molecule has 0 bridgehead atoms. The number of thiocarbonyl (C=S) groups is 1. The lowest BCUT2D eigenvalue weighted by Gasteiger charge is -2.08. The largest absolute Gasteiger partial charge is 0.397 e. The van der Waals surface area contributed by atoms with E-state index in [-0.39, 0.29) is 0 Å². The van der Waals surface area contributed by atoms with Crippen molar-refractivity contribution in [2.75, 3.05) is 23.8 Å². The maximum Gasteiger partial charge on any atom is 0.170 e. The summed E-state index contributed by atoms with van der Waals surface area (Å²) >= 11 is 4.92. The second kappa shape index (κ2) is 3.95. The molecule has 1 aromatic carbocycles. The normalized spacial score (nSPS) is 9.31. The summed E-state index contributed by atoms with van der Waals surface area (Å²) in [6.45, 7) is 0. The first-order valence-corrected chi connectivity index (χ1v) is 4.18. The minimum atomic E-state index is 0.545. The van der Waals surface area contributed by atoms with Crippen molar-refractivity contribution in [1.29, 1.82) is 0 Å². The number of nitrogens with one attached hydrogen (secondary N) is 2. The van der Waals surface area contributed by atoms with Crippen LogP contribution in [0.5, 0.6) is 0 Å². The van der Waals surface area contributed by atoms with Gasteiger partial charge in [0.15, 0.2) is 5.11 Å². The Kier molecular flexibility index (Phi) is 2.92.